The summed E-state index contributed by atoms with van der Waals surface area (Å²) in [5, 5.41) is 14.2. The molecule has 2 N–H and O–H groups in total. The maximum atomic E-state index is 15.7. The molecule has 0 saturated carbocycles. The van der Waals surface area contributed by atoms with Crippen LogP contribution in [0, 0.1) is 11.6 Å². The Morgan fingerprint density at radius 1 is 1.16 bits per heavy atom. The zero-order valence-electron chi connectivity index (χ0n) is 21.0. The Morgan fingerprint density at radius 2 is 1.97 bits per heavy atom. The zero-order chi connectivity index (χ0) is 26.6. The van der Waals surface area contributed by atoms with Crippen LogP contribution in [0.2, 0.25) is 0 Å². The summed E-state index contributed by atoms with van der Waals surface area (Å²) in [6, 6.07) is 9.41. The number of para-hydroxylation sites is 1. The van der Waals surface area contributed by atoms with Crippen molar-refractivity contribution in [1.82, 2.24) is 34.8 Å². The smallest absolute Gasteiger partial charge is 0.320 e. The minimum atomic E-state index is -0.684. The van der Waals surface area contributed by atoms with Crippen LogP contribution in [0.5, 0.6) is 0 Å². The van der Waals surface area contributed by atoms with Gasteiger partial charge >= 0.3 is 6.03 Å². The fourth-order valence-electron chi connectivity index (χ4n) is 4.71. The highest BCUT2D eigenvalue weighted by molar-refractivity contribution is 5.90. The van der Waals surface area contributed by atoms with Crippen LogP contribution in [-0.4, -0.2) is 74.9 Å². The van der Waals surface area contributed by atoms with E-state index in [4.69, 9.17) is 4.74 Å². The number of carbonyl (C=O) groups excluding carboxylic acids is 1. The normalized spacial score (nSPS) is 17.6. The standard InChI is InChI=1S/C26H28F2N8O2/c1-34-14-18(12-30-34)24-23(28)25(36(33-24)20-6-4-3-5-7-20)32-26(37)31-22-16-35(8-9-38-2)15-21(22)17-10-19(27)13-29-11-17/h3-7,10-14,21-22H,8-9,15-16H2,1-2H3,(H2,31,32,37). The number of hydrogen-bond acceptors (Lipinski definition) is 6. The molecule has 3 aromatic heterocycles. The van der Waals surface area contributed by atoms with E-state index in [0.717, 1.165) is 6.20 Å². The fraction of sp³-hybridized carbons (Fsp3) is 0.308. The molecule has 12 heteroatoms. The van der Waals surface area contributed by atoms with Gasteiger partial charge in [-0.3, -0.25) is 19.9 Å². The second-order valence-corrected chi connectivity index (χ2v) is 9.16. The van der Waals surface area contributed by atoms with E-state index in [9.17, 15) is 9.18 Å². The molecule has 1 aromatic carbocycles. The van der Waals surface area contributed by atoms with Crippen LogP contribution < -0.4 is 10.6 Å². The number of rotatable bonds is 8. The minimum Gasteiger partial charge on any atom is -0.383 e. The van der Waals surface area contributed by atoms with Gasteiger partial charge in [0.05, 0.1) is 30.7 Å². The first-order valence-electron chi connectivity index (χ1n) is 12.1. The van der Waals surface area contributed by atoms with Crippen molar-refractivity contribution in [1.29, 1.82) is 0 Å². The number of aryl methyl sites for hydroxylation is 1. The molecule has 0 aliphatic carbocycles. The number of benzene rings is 1. The molecule has 0 spiro atoms. The van der Waals surface area contributed by atoms with Crippen LogP contribution in [0.3, 0.4) is 0 Å². The van der Waals surface area contributed by atoms with Crippen LogP contribution in [0.25, 0.3) is 16.9 Å². The maximum absolute atomic E-state index is 15.7. The Hall–Kier alpha value is -4.16. The Balaban J connectivity index is 1.41. The number of carbonyl (C=O) groups is 1. The molecular formula is C26H28F2N8O2. The molecule has 5 rings (SSSR count). The SMILES string of the molecule is COCCN1CC(NC(=O)Nc2c(F)c(-c3cnn(C)c3)nn2-c2ccccc2)C(c2cncc(F)c2)C1. The Bertz CT molecular complexity index is 1410. The average Bonchev–Trinajstić information content (AvgIpc) is 3.61. The van der Waals surface area contributed by atoms with E-state index >= 15 is 4.39 Å². The van der Waals surface area contributed by atoms with Gasteiger partial charge in [-0.25, -0.2) is 18.3 Å². The van der Waals surface area contributed by atoms with Crippen LogP contribution in [0.4, 0.5) is 19.4 Å². The largest absolute Gasteiger partial charge is 0.383 e. The molecule has 10 nitrogen and oxygen atoms in total. The molecular weight excluding hydrogens is 494 g/mol. The molecule has 1 fully saturated rings. The van der Waals surface area contributed by atoms with Crippen molar-refractivity contribution < 1.29 is 18.3 Å². The Kier molecular flexibility index (Phi) is 7.43. The van der Waals surface area contributed by atoms with Gasteiger partial charge in [-0.2, -0.15) is 10.2 Å². The van der Waals surface area contributed by atoms with E-state index < -0.39 is 17.7 Å². The maximum Gasteiger partial charge on any atom is 0.320 e. The number of amides is 2. The number of hydrogen-bond donors (Lipinski definition) is 2. The predicted molar refractivity (Wildman–Crippen MR) is 137 cm³/mol. The number of methoxy groups -OCH3 is 1. The van der Waals surface area contributed by atoms with Crippen LogP contribution in [0.15, 0.2) is 61.2 Å². The molecule has 4 heterocycles. The van der Waals surface area contributed by atoms with Crippen molar-refractivity contribution in [3.63, 3.8) is 0 Å². The third-order valence-corrected chi connectivity index (χ3v) is 6.52. The second-order valence-electron chi connectivity index (χ2n) is 9.16. The number of pyridine rings is 1. The molecule has 4 aromatic rings. The monoisotopic (exact) mass is 522 g/mol. The van der Waals surface area contributed by atoms with Gasteiger partial charge in [0.1, 0.15) is 11.5 Å². The summed E-state index contributed by atoms with van der Waals surface area (Å²) >= 11 is 0. The van der Waals surface area contributed by atoms with Gasteiger partial charge in [0, 0.05) is 57.7 Å². The number of urea groups is 1. The first kappa shape index (κ1) is 25.5. The lowest BCUT2D eigenvalue weighted by atomic mass is 9.96. The first-order valence-corrected chi connectivity index (χ1v) is 12.1. The van der Waals surface area contributed by atoms with Crippen molar-refractivity contribution in [2.45, 2.75) is 12.0 Å². The summed E-state index contributed by atoms with van der Waals surface area (Å²) in [6.45, 7) is 2.27. The summed E-state index contributed by atoms with van der Waals surface area (Å²) in [7, 11) is 3.35. The van der Waals surface area contributed by atoms with Gasteiger partial charge in [-0.1, -0.05) is 18.2 Å². The summed E-state index contributed by atoms with van der Waals surface area (Å²) in [5.41, 5.74) is 1.79. The number of aromatic nitrogens is 5. The lowest BCUT2D eigenvalue weighted by Gasteiger charge is -2.20. The lowest BCUT2D eigenvalue weighted by molar-refractivity contribution is 0.159. The van der Waals surface area contributed by atoms with Gasteiger partial charge in [0.2, 0.25) is 0 Å². The molecule has 1 aliphatic heterocycles. The van der Waals surface area contributed by atoms with Crippen molar-refractivity contribution in [2.75, 3.05) is 38.7 Å². The van der Waals surface area contributed by atoms with E-state index in [1.54, 1.807) is 55.5 Å². The van der Waals surface area contributed by atoms with Crippen LogP contribution in [-0.2, 0) is 11.8 Å². The van der Waals surface area contributed by atoms with Gasteiger partial charge in [-0.05, 0) is 23.8 Å². The molecule has 1 saturated heterocycles. The van der Waals surface area contributed by atoms with E-state index in [1.165, 1.54) is 16.9 Å². The van der Waals surface area contributed by atoms with Gasteiger partial charge in [-0.15, -0.1) is 0 Å². The fourth-order valence-corrected chi connectivity index (χ4v) is 4.71. The summed E-state index contributed by atoms with van der Waals surface area (Å²) in [5.74, 6) is -1.45. The van der Waals surface area contributed by atoms with Crippen molar-refractivity contribution in [3.8, 4) is 16.9 Å². The molecule has 2 amide bonds. The van der Waals surface area contributed by atoms with Gasteiger partial charge < -0.3 is 10.1 Å². The Labute approximate surface area is 218 Å². The van der Waals surface area contributed by atoms with Crippen LogP contribution in [0.1, 0.15) is 11.5 Å². The van der Waals surface area contributed by atoms with E-state index in [0.29, 0.717) is 43.1 Å². The number of ether oxygens (including phenoxy) is 1. The van der Waals surface area contributed by atoms with Crippen LogP contribution >= 0.6 is 0 Å². The van der Waals surface area contributed by atoms with Crippen molar-refractivity contribution in [2.24, 2.45) is 7.05 Å². The van der Waals surface area contributed by atoms with Crippen molar-refractivity contribution >= 4 is 11.8 Å². The van der Waals surface area contributed by atoms with E-state index in [-0.39, 0.29) is 23.5 Å². The number of nitrogens with zero attached hydrogens (tertiary/aromatic N) is 6. The molecule has 198 valence electrons. The summed E-state index contributed by atoms with van der Waals surface area (Å²) in [6.07, 6.45) is 5.90. The molecule has 2 atom stereocenters. The highest BCUT2D eigenvalue weighted by Gasteiger charge is 2.35. The summed E-state index contributed by atoms with van der Waals surface area (Å²) in [4.78, 5) is 19.3. The number of nitrogens with one attached hydrogen (secondary N) is 2. The molecule has 2 unspecified atom stereocenters. The number of halogens is 2. The highest BCUT2D eigenvalue weighted by atomic mass is 19.1. The molecule has 38 heavy (non-hydrogen) atoms. The second kappa shape index (κ2) is 11.1. The Morgan fingerprint density at radius 3 is 2.68 bits per heavy atom. The van der Waals surface area contributed by atoms with E-state index in [1.807, 2.05) is 6.07 Å². The topological polar surface area (TPSA) is 102 Å². The molecule has 1 aliphatic rings. The quantitative estimate of drug-likeness (QED) is 0.369. The van der Waals surface area contributed by atoms with E-state index in [2.05, 4.69) is 30.7 Å². The molecule has 0 bridgehead atoms. The van der Waals surface area contributed by atoms with Gasteiger partial charge in [0.15, 0.2) is 11.6 Å². The predicted octanol–water partition coefficient (Wildman–Crippen LogP) is 3.18. The number of anilines is 1. The number of likely N-dealkylation sites (tertiary alicyclic amines) is 1. The van der Waals surface area contributed by atoms with Gasteiger partial charge in [0.25, 0.3) is 0 Å². The molecule has 0 radical (unpaired) electrons. The zero-order valence-corrected chi connectivity index (χ0v) is 21.0. The average molecular weight is 523 g/mol. The lowest BCUT2D eigenvalue weighted by Crippen LogP contribution is -2.42. The van der Waals surface area contributed by atoms with Crippen molar-refractivity contribution in [3.05, 3.63) is 78.4 Å². The summed E-state index contributed by atoms with van der Waals surface area (Å²) < 4.78 is 37.7. The minimum absolute atomic E-state index is 0.0626. The first-order chi connectivity index (χ1) is 18.4. The third kappa shape index (κ3) is 5.41. The third-order valence-electron chi connectivity index (χ3n) is 6.52. The highest BCUT2D eigenvalue weighted by Crippen LogP contribution is 2.30.